The van der Waals surface area contributed by atoms with E-state index in [0.29, 0.717) is 11.4 Å². The SMILES string of the molecule is CCCCCCC(C)Oc1ccc(N)cc1OC. The van der Waals surface area contributed by atoms with Gasteiger partial charge in [0.1, 0.15) is 0 Å². The minimum Gasteiger partial charge on any atom is -0.493 e. The van der Waals surface area contributed by atoms with Crippen LogP contribution in [-0.4, -0.2) is 13.2 Å². The maximum Gasteiger partial charge on any atom is 0.162 e. The Morgan fingerprint density at radius 2 is 1.94 bits per heavy atom. The molecule has 1 unspecified atom stereocenters. The summed E-state index contributed by atoms with van der Waals surface area (Å²) in [5.74, 6) is 1.48. The van der Waals surface area contributed by atoms with E-state index in [1.165, 1.54) is 25.7 Å². The Kier molecular flexibility index (Phi) is 6.40. The first kappa shape index (κ1) is 14.7. The lowest BCUT2D eigenvalue weighted by Gasteiger charge is -2.17. The van der Waals surface area contributed by atoms with E-state index in [1.54, 1.807) is 13.2 Å². The smallest absolute Gasteiger partial charge is 0.162 e. The van der Waals surface area contributed by atoms with Crippen LogP contribution in [0.5, 0.6) is 11.5 Å². The second-order valence-corrected chi connectivity index (χ2v) is 4.69. The molecule has 0 aliphatic carbocycles. The Balaban J connectivity index is 2.45. The molecule has 0 radical (unpaired) electrons. The van der Waals surface area contributed by atoms with Gasteiger partial charge in [0.15, 0.2) is 11.5 Å². The van der Waals surface area contributed by atoms with Crippen molar-refractivity contribution in [1.29, 1.82) is 0 Å². The molecule has 0 saturated heterocycles. The van der Waals surface area contributed by atoms with E-state index in [2.05, 4.69) is 13.8 Å². The van der Waals surface area contributed by atoms with Gasteiger partial charge in [0.25, 0.3) is 0 Å². The molecule has 2 N–H and O–H groups in total. The van der Waals surface area contributed by atoms with Gasteiger partial charge in [0.05, 0.1) is 13.2 Å². The fourth-order valence-corrected chi connectivity index (χ4v) is 1.92. The highest BCUT2D eigenvalue weighted by molar-refractivity contribution is 5.51. The average molecular weight is 251 g/mol. The lowest BCUT2D eigenvalue weighted by molar-refractivity contribution is 0.198. The molecule has 0 aromatic heterocycles. The first-order valence-corrected chi connectivity index (χ1v) is 6.77. The maximum atomic E-state index is 5.89. The molecule has 0 aliphatic rings. The fraction of sp³-hybridized carbons (Fsp3) is 0.600. The maximum absolute atomic E-state index is 5.89. The Morgan fingerprint density at radius 3 is 2.61 bits per heavy atom. The molecule has 0 aliphatic heterocycles. The van der Waals surface area contributed by atoms with Crippen molar-refractivity contribution < 1.29 is 9.47 Å². The van der Waals surface area contributed by atoms with E-state index in [4.69, 9.17) is 15.2 Å². The molecule has 102 valence electrons. The highest BCUT2D eigenvalue weighted by atomic mass is 16.5. The number of hydrogen-bond acceptors (Lipinski definition) is 3. The second-order valence-electron chi connectivity index (χ2n) is 4.69. The number of hydrogen-bond donors (Lipinski definition) is 1. The zero-order valence-corrected chi connectivity index (χ0v) is 11.7. The molecule has 1 aromatic carbocycles. The van der Waals surface area contributed by atoms with Gasteiger partial charge in [-0.3, -0.25) is 0 Å². The Bertz CT molecular complexity index is 352. The summed E-state index contributed by atoms with van der Waals surface area (Å²) in [5, 5.41) is 0. The lowest BCUT2D eigenvalue weighted by atomic mass is 10.1. The predicted molar refractivity (Wildman–Crippen MR) is 76.3 cm³/mol. The number of rotatable bonds is 8. The van der Waals surface area contributed by atoms with Crippen molar-refractivity contribution in [2.75, 3.05) is 12.8 Å². The summed E-state index contributed by atoms with van der Waals surface area (Å²) < 4.78 is 11.2. The first-order valence-electron chi connectivity index (χ1n) is 6.77. The molecule has 3 heteroatoms. The summed E-state index contributed by atoms with van der Waals surface area (Å²) in [6.07, 6.45) is 6.35. The number of ether oxygens (including phenoxy) is 2. The molecule has 0 saturated carbocycles. The minimum atomic E-state index is 0.208. The number of nitrogens with two attached hydrogens (primary N) is 1. The predicted octanol–water partition coefficient (Wildman–Crippen LogP) is 4.02. The monoisotopic (exact) mass is 251 g/mol. The molecule has 0 fully saturated rings. The van der Waals surface area contributed by atoms with Crippen molar-refractivity contribution in [3.05, 3.63) is 18.2 Å². The molecule has 1 atom stereocenters. The zero-order chi connectivity index (χ0) is 13.4. The van der Waals surface area contributed by atoms with E-state index in [9.17, 15) is 0 Å². The van der Waals surface area contributed by atoms with Gasteiger partial charge in [-0.15, -0.1) is 0 Å². The van der Waals surface area contributed by atoms with Gasteiger partial charge < -0.3 is 15.2 Å². The van der Waals surface area contributed by atoms with Crippen LogP contribution in [0.3, 0.4) is 0 Å². The van der Waals surface area contributed by atoms with Gasteiger partial charge in [-0.25, -0.2) is 0 Å². The Morgan fingerprint density at radius 1 is 1.17 bits per heavy atom. The zero-order valence-electron chi connectivity index (χ0n) is 11.7. The summed E-state index contributed by atoms with van der Waals surface area (Å²) in [5.41, 5.74) is 6.40. The topological polar surface area (TPSA) is 44.5 Å². The van der Waals surface area contributed by atoms with Crippen molar-refractivity contribution in [2.24, 2.45) is 0 Å². The standard InChI is InChI=1S/C15H25NO2/c1-4-5-6-7-8-12(2)18-14-10-9-13(16)11-15(14)17-3/h9-12H,4-8,16H2,1-3H3. The van der Waals surface area contributed by atoms with Gasteiger partial charge >= 0.3 is 0 Å². The number of methoxy groups -OCH3 is 1. The van der Waals surface area contributed by atoms with Crippen LogP contribution in [0.2, 0.25) is 0 Å². The molecule has 1 aromatic rings. The third-order valence-corrected chi connectivity index (χ3v) is 2.98. The third kappa shape index (κ3) is 4.86. The highest BCUT2D eigenvalue weighted by Gasteiger charge is 2.09. The highest BCUT2D eigenvalue weighted by Crippen LogP contribution is 2.30. The van der Waals surface area contributed by atoms with Crippen LogP contribution in [0.25, 0.3) is 0 Å². The molecule has 0 heterocycles. The van der Waals surface area contributed by atoms with Gasteiger partial charge in [0.2, 0.25) is 0 Å². The van der Waals surface area contributed by atoms with Gasteiger partial charge in [0, 0.05) is 11.8 Å². The van der Waals surface area contributed by atoms with E-state index < -0.39 is 0 Å². The van der Waals surface area contributed by atoms with Crippen LogP contribution < -0.4 is 15.2 Å². The largest absolute Gasteiger partial charge is 0.493 e. The van der Waals surface area contributed by atoms with E-state index in [1.807, 2.05) is 12.1 Å². The number of unbranched alkanes of at least 4 members (excludes halogenated alkanes) is 3. The molecule has 0 bridgehead atoms. The molecule has 1 rings (SSSR count). The van der Waals surface area contributed by atoms with Crippen LogP contribution in [0.15, 0.2) is 18.2 Å². The Labute approximate surface area is 110 Å². The van der Waals surface area contributed by atoms with Crippen molar-refractivity contribution in [2.45, 2.75) is 52.1 Å². The molecule has 18 heavy (non-hydrogen) atoms. The van der Waals surface area contributed by atoms with Crippen LogP contribution in [0, 0.1) is 0 Å². The fourth-order valence-electron chi connectivity index (χ4n) is 1.92. The molecular weight excluding hydrogens is 226 g/mol. The number of benzene rings is 1. The molecular formula is C15H25NO2. The normalized spacial score (nSPS) is 12.2. The van der Waals surface area contributed by atoms with E-state index in [-0.39, 0.29) is 6.10 Å². The summed E-state index contributed by atoms with van der Waals surface area (Å²) in [6, 6.07) is 5.50. The summed E-state index contributed by atoms with van der Waals surface area (Å²) in [7, 11) is 1.63. The Hall–Kier alpha value is -1.38. The quantitative estimate of drug-likeness (QED) is 0.560. The summed E-state index contributed by atoms with van der Waals surface area (Å²) >= 11 is 0. The van der Waals surface area contributed by atoms with Crippen LogP contribution in [-0.2, 0) is 0 Å². The molecule has 3 nitrogen and oxygen atoms in total. The van der Waals surface area contributed by atoms with Gasteiger partial charge in [-0.05, 0) is 31.9 Å². The van der Waals surface area contributed by atoms with Crippen LogP contribution in [0.1, 0.15) is 46.0 Å². The third-order valence-electron chi connectivity index (χ3n) is 2.98. The summed E-state index contributed by atoms with van der Waals surface area (Å²) in [6.45, 7) is 4.32. The minimum absolute atomic E-state index is 0.208. The van der Waals surface area contributed by atoms with Gasteiger partial charge in [-0.2, -0.15) is 0 Å². The second kappa shape index (κ2) is 7.85. The summed E-state index contributed by atoms with van der Waals surface area (Å²) in [4.78, 5) is 0. The number of anilines is 1. The van der Waals surface area contributed by atoms with Crippen molar-refractivity contribution in [3.8, 4) is 11.5 Å². The molecule has 0 spiro atoms. The van der Waals surface area contributed by atoms with E-state index in [0.717, 1.165) is 12.2 Å². The first-order chi connectivity index (χ1) is 8.67. The molecule has 0 amide bonds. The van der Waals surface area contributed by atoms with Gasteiger partial charge in [-0.1, -0.05) is 26.2 Å². The number of nitrogen functional groups attached to an aromatic ring is 1. The van der Waals surface area contributed by atoms with Crippen LogP contribution >= 0.6 is 0 Å². The average Bonchev–Trinajstić information content (AvgIpc) is 2.37. The van der Waals surface area contributed by atoms with E-state index >= 15 is 0 Å². The van der Waals surface area contributed by atoms with Crippen molar-refractivity contribution in [1.82, 2.24) is 0 Å². The van der Waals surface area contributed by atoms with Crippen molar-refractivity contribution >= 4 is 5.69 Å². The van der Waals surface area contributed by atoms with Crippen molar-refractivity contribution in [3.63, 3.8) is 0 Å². The lowest BCUT2D eigenvalue weighted by Crippen LogP contribution is -2.12. The van der Waals surface area contributed by atoms with Crippen LogP contribution in [0.4, 0.5) is 5.69 Å².